The van der Waals surface area contributed by atoms with Crippen LogP contribution < -0.4 is 16.2 Å². The number of nitrogens with zero attached hydrogens (tertiary/aromatic N) is 3. The molecule has 2 aliphatic heterocycles. The maximum Gasteiger partial charge on any atom is 0.262 e. The van der Waals surface area contributed by atoms with Crippen LogP contribution in [-0.4, -0.2) is 39.4 Å². The molecule has 35 heavy (non-hydrogen) atoms. The third-order valence-electron chi connectivity index (χ3n) is 6.99. The average molecular weight is 474 g/mol. The Labute approximate surface area is 204 Å². The fourth-order valence-corrected chi connectivity index (χ4v) is 5.10. The Morgan fingerprint density at radius 3 is 2.49 bits per heavy atom. The predicted octanol–water partition coefficient (Wildman–Crippen LogP) is 3.28. The van der Waals surface area contributed by atoms with Gasteiger partial charge in [0, 0.05) is 19.5 Å². The third kappa shape index (κ3) is 4.98. The monoisotopic (exact) mass is 473 g/mol. The minimum Gasteiger partial charge on any atom is -0.379 e. The molecule has 0 bridgehead atoms. The Balaban J connectivity index is 1.33. The number of benzene rings is 2. The summed E-state index contributed by atoms with van der Waals surface area (Å²) in [5.41, 5.74) is 3.56. The van der Waals surface area contributed by atoms with Crippen molar-refractivity contribution in [1.29, 1.82) is 0 Å². The highest BCUT2D eigenvalue weighted by Gasteiger charge is 2.30. The topological polar surface area (TPSA) is 96.3 Å². The van der Waals surface area contributed by atoms with Gasteiger partial charge in [0.25, 0.3) is 5.56 Å². The molecule has 3 heterocycles. The van der Waals surface area contributed by atoms with E-state index in [9.17, 15) is 14.4 Å². The number of nitrogens with one attached hydrogen (secondary N) is 2. The summed E-state index contributed by atoms with van der Waals surface area (Å²) in [5.74, 6) is -0.310. The number of amides is 2. The van der Waals surface area contributed by atoms with Crippen molar-refractivity contribution in [3.8, 4) is 0 Å². The molecule has 8 heteroatoms. The molecule has 2 N–H and O–H groups in total. The highest BCUT2D eigenvalue weighted by molar-refractivity contribution is 5.99. The van der Waals surface area contributed by atoms with E-state index in [2.05, 4.69) is 44.8 Å². The summed E-state index contributed by atoms with van der Waals surface area (Å²) in [7, 11) is 0. The normalized spacial score (nSPS) is 19.1. The molecule has 1 unspecified atom stereocenters. The van der Waals surface area contributed by atoms with E-state index < -0.39 is 11.9 Å². The molecule has 0 saturated carbocycles. The summed E-state index contributed by atoms with van der Waals surface area (Å²) >= 11 is 0. The number of carbonyl (C=O) groups excluding carboxylic acids is 2. The lowest BCUT2D eigenvalue weighted by Crippen LogP contribution is -2.45. The molecule has 2 saturated heterocycles. The van der Waals surface area contributed by atoms with Crippen molar-refractivity contribution in [2.75, 3.05) is 18.4 Å². The van der Waals surface area contributed by atoms with Crippen LogP contribution in [0.5, 0.6) is 0 Å². The number of rotatable bonds is 6. The van der Waals surface area contributed by atoms with E-state index in [4.69, 9.17) is 0 Å². The van der Waals surface area contributed by atoms with E-state index in [-0.39, 0.29) is 17.9 Å². The molecule has 8 nitrogen and oxygen atoms in total. The molecule has 2 amide bonds. The smallest absolute Gasteiger partial charge is 0.262 e. The highest BCUT2D eigenvalue weighted by atomic mass is 16.2. The molecule has 0 spiro atoms. The standard InChI is InChI=1S/C27H31N5O3/c1-18-29-25-21(27(35)32(18)23-12-13-24(33)30-26(23)34)6-5-7-22(25)28-16-19-8-10-20(11-9-19)17-31-14-3-2-4-15-31/h5-11,23,28H,2-4,12-17H2,1H3,(H,30,33,34). The summed E-state index contributed by atoms with van der Waals surface area (Å²) in [6.07, 6.45) is 4.43. The van der Waals surface area contributed by atoms with E-state index in [1.807, 2.05) is 12.1 Å². The number of aryl methyl sites for hydroxylation is 1. The number of aromatic nitrogens is 2. The van der Waals surface area contributed by atoms with E-state index in [0.29, 0.717) is 29.7 Å². The van der Waals surface area contributed by atoms with E-state index in [1.54, 1.807) is 13.0 Å². The number of carbonyl (C=O) groups is 2. The minimum atomic E-state index is -0.725. The number of imide groups is 1. The molecule has 0 radical (unpaired) electrons. The van der Waals surface area contributed by atoms with Crippen LogP contribution in [0.1, 0.15) is 55.1 Å². The van der Waals surface area contributed by atoms with Crippen molar-refractivity contribution in [2.24, 2.45) is 0 Å². The SMILES string of the molecule is Cc1nc2c(NCc3ccc(CN4CCCCC4)cc3)cccc2c(=O)n1C1CCC(=O)NC1=O. The molecule has 1 atom stereocenters. The molecule has 2 aromatic carbocycles. The maximum atomic E-state index is 13.3. The number of likely N-dealkylation sites (tertiary alicyclic amines) is 1. The van der Waals surface area contributed by atoms with Gasteiger partial charge >= 0.3 is 0 Å². The molecule has 2 aliphatic rings. The molecular formula is C27H31N5O3. The Morgan fingerprint density at radius 2 is 1.74 bits per heavy atom. The minimum absolute atomic E-state index is 0.207. The fraction of sp³-hybridized carbons (Fsp3) is 0.407. The maximum absolute atomic E-state index is 13.3. The van der Waals surface area contributed by atoms with Crippen molar-refractivity contribution in [3.05, 3.63) is 69.8 Å². The van der Waals surface area contributed by atoms with Crippen LogP contribution >= 0.6 is 0 Å². The Morgan fingerprint density at radius 1 is 1.00 bits per heavy atom. The Kier molecular flexibility index (Phi) is 6.63. The first-order chi connectivity index (χ1) is 17.0. The van der Waals surface area contributed by atoms with Gasteiger partial charge in [-0.1, -0.05) is 36.8 Å². The lowest BCUT2D eigenvalue weighted by molar-refractivity contribution is -0.135. The van der Waals surface area contributed by atoms with E-state index in [1.165, 1.54) is 42.5 Å². The third-order valence-corrected chi connectivity index (χ3v) is 6.99. The summed E-state index contributed by atoms with van der Waals surface area (Å²) < 4.78 is 1.41. The zero-order valence-corrected chi connectivity index (χ0v) is 20.0. The molecular weight excluding hydrogens is 442 g/mol. The Hall–Kier alpha value is -3.52. The Bertz CT molecular complexity index is 1310. The zero-order chi connectivity index (χ0) is 24.4. The number of para-hydroxylation sites is 1. The van der Waals surface area contributed by atoms with E-state index >= 15 is 0 Å². The predicted molar refractivity (Wildman–Crippen MR) is 135 cm³/mol. The summed E-state index contributed by atoms with van der Waals surface area (Å²) in [6, 6.07) is 13.4. The largest absolute Gasteiger partial charge is 0.379 e. The van der Waals surface area contributed by atoms with Crippen molar-refractivity contribution < 1.29 is 9.59 Å². The van der Waals surface area contributed by atoms with Crippen molar-refractivity contribution in [2.45, 2.75) is 58.2 Å². The number of piperidine rings is 2. The lowest BCUT2D eigenvalue weighted by atomic mass is 10.1. The van der Waals surface area contributed by atoms with Gasteiger partial charge in [-0.15, -0.1) is 0 Å². The number of hydrogen-bond donors (Lipinski definition) is 2. The molecule has 182 valence electrons. The molecule has 5 rings (SSSR count). The van der Waals surface area contributed by atoms with Crippen LogP contribution in [0.2, 0.25) is 0 Å². The number of fused-ring (bicyclic) bond motifs is 1. The summed E-state index contributed by atoms with van der Waals surface area (Å²) in [4.78, 5) is 44.4. The van der Waals surface area contributed by atoms with Gasteiger partial charge in [0.2, 0.25) is 11.8 Å². The number of hydrogen-bond acceptors (Lipinski definition) is 6. The van der Waals surface area contributed by atoms with Gasteiger partial charge in [0.1, 0.15) is 17.4 Å². The van der Waals surface area contributed by atoms with Crippen LogP contribution in [0.15, 0.2) is 47.3 Å². The van der Waals surface area contributed by atoms with Gasteiger partial charge in [-0.3, -0.25) is 29.2 Å². The molecule has 0 aliphatic carbocycles. The van der Waals surface area contributed by atoms with Gasteiger partial charge in [-0.05, 0) is 62.5 Å². The summed E-state index contributed by atoms with van der Waals surface area (Å²) in [6.45, 7) is 5.70. The summed E-state index contributed by atoms with van der Waals surface area (Å²) in [5, 5.41) is 6.20. The second-order valence-corrected chi connectivity index (χ2v) is 9.51. The van der Waals surface area contributed by atoms with Gasteiger partial charge < -0.3 is 5.32 Å². The second kappa shape index (κ2) is 10.00. The number of anilines is 1. The van der Waals surface area contributed by atoms with Gasteiger partial charge in [-0.25, -0.2) is 4.98 Å². The van der Waals surface area contributed by atoms with Crippen LogP contribution in [0.3, 0.4) is 0 Å². The van der Waals surface area contributed by atoms with Gasteiger partial charge in [0.05, 0.1) is 11.1 Å². The zero-order valence-electron chi connectivity index (χ0n) is 20.0. The van der Waals surface area contributed by atoms with Crippen LogP contribution in [0.4, 0.5) is 5.69 Å². The van der Waals surface area contributed by atoms with Gasteiger partial charge in [0.15, 0.2) is 0 Å². The van der Waals surface area contributed by atoms with Crippen molar-refractivity contribution in [3.63, 3.8) is 0 Å². The first kappa shape index (κ1) is 23.2. The van der Waals surface area contributed by atoms with Crippen LogP contribution in [0.25, 0.3) is 10.9 Å². The first-order valence-corrected chi connectivity index (χ1v) is 12.4. The molecule has 1 aromatic heterocycles. The van der Waals surface area contributed by atoms with Crippen molar-refractivity contribution in [1.82, 2.24) is 19.8 Å². The molecule has 2 fully saturated rings. The average Bonchev–Trinajstić information content (AvgIpc) is 2.86. The second-order valence-electron chi connectivity index (χ2n) is 9.51. The van der Waals surface area contributed by atoms with Crippen LogP contribution in [-0.2, 0) is 22.7 Å². The molecule has 3 aromatic rings. The van der Waals surface area contributed by atoms with E-state index in [0.717, 1.165) is 17.8 Å². The van der Waals surface area contributed by atoms with Crippen LogP contribution in [0, 0.1) is 6.92 Å². The highest BCUT2D eigenvalue weighted by Crippen LogP contribution is 2.24. The quantitative estimate of drug-likeness (QED) is 0.534. The fourth-order valence-electron chi connectivity index (χ4n) is 5.10. The van der Waals surface area contributed by atoms with Gasteiger partial charge in [-0.2, -0.15) is 0 Å². The van der Waals surface area contributed by atoms with Crippen molar-refractivity contribution >= 4 is 28.4 Å². The first-order valence-electron chi connectivity index (χ1n) is 12.4. The lowest BCUT2D eigenvalue weighted by Gasteiger charge is -2.26.